The van der Waals surface area contributed by atoms with E-state index in [0.29, 0.717) is 20.9 Å². The number of para-hydroxylation sites is 1. The lowest BCUT2D eigenvalue weighted by molar-refractivity contribution is -0.137. The van der Waals surface area contributed by atoms with E-state index in [-0.39, 0.29) is 12.2 Å². The van der Waals surface area contributed by atoms with Gasteiger partial charge in [-0.25, -0.2) is 4.79 Å². The van der Waals surface area contributed by atoms with Gasteiger partial charge in [-0.05, 0) is 39.7 Å². The standard InChI is InChI=1S/C17H11BrF3NO2/c18-14-12-6-1-2-7-13(12)22(15(14)16(23)24)9-10-4-3-5-11(8-10)17(19,20)21/h1-8H,9H2,(H,23,24). The summed E-state index contributed by atoms with van der Waals surface area (Å²) in [5.41, 5.74) is 0.265. The zero-order valence-corrected chi connectivity index (χ0v) is 13.7. The SMILES string of the molecule is O=C(O)c1c(Br)c2ccccc2n1Cc1cccc(C(F)(F)F)c1. The molecule has 0 aliphatic rings. The second-order valence-corrected chi connectivity index (χ2v) is 6.06. The fourth-order valence-electron chi connectivity index (χ4n) is 2.66. The van der Waals surface area contributed by atoms with Crippen molar-refractivity contribution in [1.82, 2.24) is 4.57 Å². The Balaban J connectivity index is 2.14. The van der Waals surface area contributed by atoms with E-state index in [2.05, 4.69) is 15.9 Å². The van der Waals surface area contributed by atoms with Crippen LogP contribution in [-0.2, 0) is 12.7 Å². The predicted molar refractivity (Wildman–Crippen MR) is 87.1 cm³/mol. The summed E-state index contributed by atoms with van der Waals surface area (Å²) in [7, 11) is 0. The highest BCUT2D eigenvalue weighted by molar-refractivity contribution is 9.10. The Hall–Kier alpha value is -2.28. The monoisotopic (exact) mass is 397 g/mol. The minimum Gasteiger partial charge on any atom is -0.477 e. The number of carboxylic acids is 1. The topological polar surface area (TPSA) is 42.2 Å². The third-order valence-corrected chi connectivity index (χ3v) is 4.51. The van der Waals surface area contributed by atoms with Crippen molar-refractivity contribution in [3.8, 4) is 0 Å². The minimum atomic E-state index is -4.44. The van der Waals surface area contributed by atoms with E-state index in [4.69, 9.17) is 0 Å². The first-order valence-corrected chi connectivity index (χ1v) is 7.74. The fourth-order valence-corrected chi connectivity index (χ4v) is 3.38. The number of carboxylic acid groups (broad SMARTS) is 1. The van der Waals surface area contributed by atoms with E-state index in [1.54, 1.807) is 30.3 Å². The van der Waals surface area contributed by atoms with Crippen molar-refractivity contribution in [3.63, 3.8) is 0 Å². The molecule has 0 fully saturated rings. The molecule has 1 heterocycles. The van der Waals surface area contributed by atoms with Gasteiger partial charge in [0.15, 0.2) is 0 Å². The summed E-state index contributed by atoms with van der Waals surface area (Å²) < 4.78 is 40.5. The zero-order valence-electron chi connectivity index (χ0n) is 12.1. The molecule has 0 radical (unpaired) electrons. The van der Waals surface area contributed by atoms with Gasteiger partial charge >= 0.3 is 12.1 Å². The number of nitrogens with zero attached hydrogens (tertiary/aromatic N) is 1. The number of rotatable bonds is 3. The molecule has 0 unspecified atom stereocenters. The van der Waals surface area contributed by atoms with E-state index in [1.165, 1.54) is 10.6 Å². The number of fused-ring (bicyclic) bond motifs is 1. The van der Waals surface area contributed by atoms with Crippen molar-refractivity contribution in [2.75, 3.05) is 0 Å². The molecule has 24 heavy (non-hydrogen) atoms. The highest BCUT2D eigenvalue weighted by atomic mass is 79.9. The highest BCUT2D eigenvalue weighted by Gasteiger charge is 2.30. The average Bonchev–Trinajstić information content (AvgIpc) is 2.80. The van der Waals surface area contributed by atoms with Crippen molar-refractivity contribution in [2.45, 2.75) is 12.7 Å². The van der Waals surface area contributed by atoms with E-state index in [1.807, 2.05) is 0 Å². The molecule has 0 atom stereocenters. The Morgan fingerprint density at radius 1 is 1.12 bits per heavy atom. The largest absolute Gasteiger partial charge is 0.477 e. The van der Waals surface area contributed by atoms with Crippen LogP contribution in [0.1, 0.15) is 21.6 Å². The summed E-state index contributed by atoms with van der Waals surface area (Å²) in [5.74, 6) is -1.15. The lowest BCUT2D eigenvalue weighted by atomic mass is 10.1. The molecule has 3 nitrogen and oxygen atoms in total. The third kappa shape index (κ3) is 2.91. The van der Waals surface area contributed by atoms with Crippen LogP contribution in [0.15, 0.2) is 53.0 Å². The number of halogens is 4. The average molecular weight is 398 g/mol. The Morgan fingerprint density at radius 2 is 1.83 bits per heavy atom. The zero-order chi connectivity index (χ0) is 17.5. The molecule has 0 aliphatic heterocycles. The first-order valence-electron chi connectivity index (χ1n) is 6.95. The summed E-state index contributed by atoms with van der Waals surface area (Å²) in [6.45, 7) is 0.0255. The van der Waals surface area contributed by atoms with Gasteiger partial charge in [0.1, 0.15) is 5.69 Å². The molecule has 1 N–H and O–H groups in total. The van der Waals surface area contributed by atoms with Gasteiger partial charge < -0.3 is 9.67 Å². The molecule has 0 aliphatic carbocycles. The Labute approximate surface area is 143 Å². The van der Waals surface area contributed by atoms with E-state index < -0.39 is 17.7 Å². The molecule has 124 valence electrons. The Morgan fingerprint density at radius 3 is 2.50 bits per heavy atom. The number of hydrogen-bond acceptors (Lipinski definition) is 1. The fraction of sp³-hybridized carbons (Fsp3) is 0.118. The van der Waals surface area contributed by atoms with Gasteiger partial charge in [0.25, 0.3) is 0 Å². The van der Waals surface area contributed by atoms with Crippen LogP contribution in [0.25, 0.3) is 10.9 Å². The van der Waals surface area contributed by atoms with E-state index in [9.17, 15) is 23.1 Å². The molecule has 0 saturated heterocycles. The van der Waals surface area contributed by atoms with Crippen molar-refractivity contribution in [2.24, 2.45) is 0 Å². The van der Waals surface area contributed by atoms with Crippen LogP contribution in [0.5, 0.6) is 0 Å². The van der Waals surface area contributed by atoms with Crippen LogP contribution in [0, 0.1) is 0 Å². The molecule has 2 aromatic carbocycles. The lowest BCUT2D eigenvalue weighted by Gasteiger charge is -2.11. The normalized spacial score (nSPS) is 11.8. The third-order valence-electron chi connectivity index (χ3n) is 3.71. The maximum Gasteiger partial charge on any atom is 0.416 e. The van der Waals surface area contributed by atoms with Gasteiger partial charge in [0.2, 0.25) is 0 Å². The molecular weight excluding hydrogens is 387 g/mol. The molecule has 3 rings (SSSR count). The van der Waals surface area contributed by atoms with Crippen LogP contribution in [0.2, 0.25) is 0 Å². The maximum atomic E-state index is 12.9. The number of carbonyl (C=O) groups is 1. The molecule has 0 bridgehead atoms. The first kappa shape index (κ1) is 16.6. The van der Waals surface area contributed by atoms with Crippen molar-refractivity contribution >= 4 is 32.8 Å². The molecule has 1 aromatic heterocycles. The van der Waals surface area contributed by atoms with Gasteiger partial charge in [-0.3, -0.25) is 0 Å². The van der Waals surface area contributed by atoms with Gasteiger partial charge in [0, 0.05) is 11.9 Å². The summed E-state index contributed by atoms with van der Waals surface area (Å²) in [6, 6.07) is 11.9. The highest BCUT2D eigenvalue weighted by Crippen LogP contribution is 2.33. The number of benzene rings is 2. The summed E-state index contributed by atoms with van der Waals surface area (Å²) >= 11 is 3.28. The number of aromatic carboxylic acids is 1. The second-order valence-electron chi connectivity index (χ2n) is 5.27. The number of alkyl halides is 3. The molecule has 0 saturated carbocycles. The summed E-state index contributed by atoms with van der Waals surface area (Å²) in [4.78, 5) is 11.6. The quantitative estimate of drug-likeness (QED) is 0.662. The maximum absolute atomic E-state index is 12.9. The van der Waals surface area contributed by atoms with Gasteiger partial charge in [-0.2, -0.15) is 13.2 Å². The molecule has 0 spiro atoms. The molecule has 7 heteroatoms. The summed E-state index contributed by atoms with van der Waals surface area (Å²) in [6.07, 6.45) is -4.44. The molecule has 3 aromatic rings. The van der Waals surface area contributed by atoms with Crippen molar-refractivity contribution < 1.29 is 23.1 Å². The van der Waals surface area contributed by atoms with Crippen LogP contribution in [-0.4, -0.2) is 15.6 Å². The van der Waals surface area contributed by atoms with Crippen LogP contribution in [0.3, 0.4) is 0 Å². The smallest absolute Gasteiger partial charge is 0.416 e. The molecule has 0 amide bonds. The Bertz CT molecular complexity index is 931. The Kier molecular flexibility index (Phi) is 4.13. The minimum absolute atomic E-state index is 0.00797. The number of aromatic nitrogens is 1. The predicted octanol–water partition coefficient (Wildman–Crippen LogP) is 5.17. The summed E-state index contributed by atoms with van der Waals surface area (Å²) in [5, 5.41) is 10.2. The lowest BCUT2D eigenvalue weighted by Crippen LogP contribution is -2.11. The second kappa shape index (κ2) is 5.98. The van der Waals surface area contributed by atoms with Gasteiger partial charge in [-0.1, -0.05) is 30.3 Å². The molecular formula is C17H11BrF3NO2. The first-order chi connectivity index (χ1) is 11.3. The van der Waals surface area contributed by atoms with Crippen molar-refractivity contribution in [3.05, 3.63) is 69.8 Å². The van der Waals surface area contributed by atoms with Crippen LogP contribution >= 0.6 is 15.9 Å². The van der Waals surface area contributed by atoms with Crippen LogP contribution < -0.4 is 0 Å². The van der Waals surface area contributed by atoms with Crippen LogP contribution in [0.4, 0.5) is 13.2 Å². The van der Waals surface area contributed by atoms with E-state index in [0.717, 1.165) is 12.1 Å². The number of hydrogen-bond donors (Lipinski definition) is 1. The van der Waals surface area contributed by atoms with Crippen molar-refractivity contribution in [1.29, 1.82) is 0 Å². The van der Waals surface area contributed by atoms with Gasteiger partial charge in [-0.15, -0.1) is 0 Å². The van der Waals surface area contributed by atoms with Gasteiger partial charge in [0.05, 0.1) is 15.6 Å². The van der Waals surface area contributed by atoms with E-state index >= 15 is 0 Å².